The molecule has 0 bridgehead atoms. The van der Waals surface area contributed by atoms with E-state index < -0.39 is 23.1 Å². The van der Waals surface area contributed by atoms with Gasteiger partial charge in [0.15, 0.2) is 5.69 Å². The van der Waals surface area contributed by atoms with Gasteiger partial charge in [0.05, 0.1) is 18.7 Å². The number of nitrogens with two attached hydrogens (primary N) is 1. The first kappa shape index (κ1) is 24.1. The van der Waals surface area contributed by atoms with Crippen molar-refractivity contribution in [2.45, 2.75) is 46.2 Å². The minimum Gasteiger partial charge on any atom is -0.467 e. The van der Waals surface area contributed by atoms with Crippen molar-refractivity contribution in [3.8, 4) is 0 Å². The number of carbonyl (C=O) groups excluding carboxylic acids is 2. The Labute approximate surface area is 202 Å². The number of anilines is 3. The van der Waals surface area contributed by atoms with Crippen molar-refractivity contribution in [1.29, 1.82) is 0 Å². The summed E-state index contributed by atoms with van der Waals surface area (Å²) in [6, 6.07) is 10.8. The second-order valence-electron chi connectivity index (χ2n) is 8.74. The summed E-state index contributed by atoms with van der Waals surface area (Å²) in [5, 5.41) is 0. The Hall–Kier alpha value is -4.08. The predicted octanol–water partition coefficient (Wildman–Crippen LogP) is 2.41. The molecule has 1 aromatic carbocycles. The fourth-order valence-corrected chi connectivity index (χ4v) is 4.27. The zero-order valence-corrected chi connectivity index (χ0v) is 19.8. The minimum atomic E-state index is -0.764. The predicted molar refractivity (Wildman–Crippen MR) is 132 cm³/mol. The molecule has 3 N–H and O–H groups in total. The largest absolute Gasteiger partial charge is 0.467 e. The lowest BCUT2D eigenvalue weighted by Crippen LogP contribution is -2.43. The van der Waals surface area contributed by atoms with E-state index in [-0.39, 0.29) is 36.9 Å². The topological polar surface area (TPSA) is 135 Å². The van der Waals surface area contributed by atoms with Crippen LogP contribution >= 0.6 is 0 Å². The van der Waals surface area contributed by atoms with E-state index in [2.05, 4.69) is 4.98 Å². The molecule has 1 atom stereocenters. The molecule has 184 valence electrons. The number of H-pyrrole nitrogens is 1. The number of furan rings is 1. The van der Waals surface area contributed by atoms with E-state index >= 15 is 0 Å². The lowest BCUT2D eigenvalue weighted by atomic mass is 10.1. The van der Waals surface area contributed by atoms with Gasteiger partial charge in [-0.1, -0.05) is 31.0 Å². The van der Waals surface area contributed by atoms with Crippen LogP contribution in [0.4, 0.5) is 17.2 Å². The summed E-state index contributed by atoms with van der Waals surface area (Å²) < 4.78 is 6.69. The van der Waals surface area contributed by atoms with Crippen LogP contribution in [-0.4, -0.2) is 27.9 Å². The molecule has 1 saturated heterocycles. The Bertz CT molecular complexity index is 1320. The summed E-state index contributed by atoms with van der Waals surface area (Å²) in [7, 11) is 0. The molecule has 3 aromatic rings. The van der Waals surface area contributed by atoms with Gasteiger partial charge in [0.2, 0.25) is 11.8 Å². The number of hydrogen-bond acceptors (Lipinski definition) is 6. The lowest BCUT2D eigenvalue weighted by Gasteiger charge is -2.26. The lowest BCUT2D eigenvalue weighted by molar-refractivity contribution is -0.124. The molecular formula is C25H29N5O5. The highest BCUT2D eigenvalue weighted by molar-refractivity contribution is 6.05. The zero-order chi connectivity index (χ0) is 25.1. The maximum atomic E-state index is 13.8. The van der Waals surface area contributed by atoms with Crippen LogP contribution in [0, 0.1) is 12.8 Å². The summed E-state index contributed by atoms with van der Waals surface area (Å²) in [5.41, 5.74) is 6.55. The highest BCUT2D eigenvalue weighted by atomic mass is 16.3. The van der Waals surface area contributed by atoms with Gasteiger partial charge < -0.3 is 15.1 Å². The van der Waals surface area contributed by atoms with Crippen molar-refractivity contribution in [2.24, 2.45) is 5.92 Å². The molecule has 1 aliphatic heterocycles. The molecule has 0 radical (unpaired) electrons. The first-order valence-corrected chi connectivity index (χ1v) is 11.6. The molecule has 1 fully saturated rings. The van der Waals surface area contributed by atoms with Crippen LogP contribution in [0.1, 0.15) is 37.5 Å². The highest BCUT2D eigenvalue weighted by Crippen LogP contribution is 2.29. The minimum absolute atomic E-state index is 0.00531. The van der Waals surface area contributed by atoms with Crippen LogP contribution in [-0.2, 0) is 22.7 Å². The van der Waals surface area contributed by atoms with Gasteiger partial charge in [-0.25, -0.2) is 4.79 Å². The van der Waals surface area contributed by atoms with Crippen LogP contribution < -0.4 is 26.8 Å². The van der Waals surface area contributed by atoms with Gasteiger partial charge >= 0.3 is 5.69 Å². The van der Waals surface area contributed by atoms with Crippen LogP contribution in [0.2, 0.25) is 0 Å². The van der Waals surface area contributed by atoms with Gasteiger partial charge in [-0.05, 0) is 37.6 Å². The Morgan fingerprint density at radius 2 is 1.94 bits per heavy atom. The van der Waals surface area contributed by atoms with Crippen molar-refractivity contribution in [1.82, 2.24) is 9.55 Å². The standard InChI is InChI=1S/C25H29N5O5/c1-3-4-11-28-22(26)21(23(32)27-25(28)34)30(15-19-6-5-12-35-19)24(33)17-13-20(31)29(14-17)18-9-7-16(2)8-10-18/h5-10,12,17H,3-4,11,13-15,26H2,1-2H3,(H,27,32,34)/t17-/m1/s1. The smallest absolute Gasteiger partial charge is 0.330 e. The maximum Gasteiger partial charge on any atom is 0.330 e. The fraction of sp³-hybridized carbons (Fsp3) is 0.360. The normalized spacial score (nSPS) is 15.5. The number of benzene rings is 1. The SMILES string of the molecule is CCCCn1c(N)c(N(Cc2ccco2)C(=O)[C@@H]2CC(=O)N(c3ccc(C)cc3)C2)c(=O)[nH]c1=O. The van der Waals surface area contributed by atoms with E-state index in [1.165, 1.54) is 15.7 Å². The van der Waals surface area contributed by atoms with Crippen molar-refractivity contribution >= 4 is 29.0 Å². The molecule has 4 rings (SSSR count). The van der Waals surface area contributed by atoms with Crippen molar-refractivity contribution in [3.05, 3.63) is 74.8 Å². The van der Waals surface area contributed by atoms with Gasteiger partial charge in [-0.3, -0.25) is 28.8 Å². The Balaban J connectivity index is 1.71. The second kappa shape index (κ2) is 10.0. The van der Waals surface area contributed by atoms with E-state index in [1.807, 2.05) is 38.1 Å². The average Bonchev–Trinajstić information content (AvgIpc) is 3.48. The number of hydrogen-bond donors (Lipinski definition) is 2. The molecule has 10 nitrogen and oxygen atoms in total. The van der Waals surface area contributed by atoms with Gasteiger partial charge in [-0.15, -0.1) is 0 Å². The maximum absolute atomic E-state index is 13.8. The van der Waals surface area contributed by atoms with E-state index in [0.717, 1.165) is 12.0 Å². The molecule has 0 saturated carbocycles. The molecule has 0 spiro atoms. The Morgan fingerprint density at radius 1 is 1.20 bits per heavy atom. The van der Waals surface area contributed by atoms with Crippen LogP contribution in [0.5, 0.6) is 0 Å². The summed E-state index contributed by atoms with van der Waals surface area (Å²) in [4.78, 5) is 57.0. The second-order valence-corrected chi connectivity index (χ2v) is 8.74. The number of aromatic amines is 1. The fourth-order valence-electron chi connectivity index (χ4n) is 4.27. The number of amides is 2. The molecule has 35 heavy (non-hydrogen) atoms. The monoisotopic (exact) mass is 479 g/mol. The number of nitrogens with zero attached hydrogens (tertiary/aromatic N) is 3. The van der Waals surface area contributed by atoms with E-state index in [9.17, 15) is 19.2 Å². The Morgan fingerprint density at radius 3 is 2.60 bits per heavy atom. The van der Waals surface area contributed by atoms with Crippen molar-refractivity contribution in [3.63, 3.8) is 0 Å². The number of nitrogen functional groups attached to an aromatic ring is 1. The molecule has 2 aromatic heterocycles. The average molecular weight is 480 g/mol. The van der Waals surface area contributed by atoms with Crippen LogP contribution in [0.25, 0.3) is 0 Å². The first-order valence-electron chi connectivity index (χ1n) is 11.6. The molecule has 3 heterocycles. The van der Waals surface area contributed by atoms with Gasteiger partial charge in [-0.2, -0.15) is 0 Å². The number of unbranched alkanes of at least 4 members (excludes halogenated alkanes) is 1. The van der Waals surface area contributed by atoms with Crippen molar-refractivity contribution < 1.29 is 14.0 Å². The number of rotatable bonds is 8. The molecular weight excluding hydrogens is 450 g/mol. The van der Waals surface area contributed by atoms with E-state index in [4.69, 9.17) is 10.2 Å². The van der Waals surface area contributed by atoms with E-state index in [1.54, 1.807) is 17.0 Å². The van der Waals surface area contributed by atoms with Crippen LogP contribution in [0.15, 0.2) is 56.7 Å². The summed E-state index contributed by atoms with van der Waals surface area (Å²) in [6.45, 7) is 4.33. The zero-order valence-electron chi connectivity index (χ0n) is 19.8. The quantitative estimate of drug-likeness (QED) is 0.509. The number of nitrogens with one attached hydrogen (secondary N) is 1. The van der Waals surface area contributed by atoms with E-state index in [0.29, 0.717) is 24.4 Å². The first-order chi connectivity index (χ1) is 16.8. The third-order valence-corrected chi connectivity index (χ3v) is 6.20. The number of aromatic nitrogens is 2. The number of aryl methyl sites for hydroxylation is 1. The summed E-state index contributed by atoms with van der Waals surface area (Å²) in [5.74, 6) is -0.981. The summed E-state index contributed by atoms with van der Waals surface area (Å²) in [6.07, 6.45) is 2.94. The molecule has 1 aliphatic rings. The molecule has 0 aliphatic carbocycles. The van der Waals surface area contributed by atoms with Gasteiger partial charge in [0, 0.05) is 25.2 Å². The molecule has 2 amide bonds. The Kier molecular flexibility index (Phi) is 6.90. The third kappa shape index (κ3) is 4.91. The van der Waals surface area contributed by atoms with Gasteiger partial charge in [0.1, 0.15) is 11.6 Å². The van der Waals surface area contributed by atoms with Gasteiger partial charge in [0.25, 0.3) is 5.56 Å². The van der Waals surface area contributed by atoms with Crippen LogP contribution in [0.3, 0.4) is 0 Å². The molecule has 10 heteroatoms. The highest BCUT2D eigenvalue weighted by Gasteiger charge is 2.39. The third-order valence-electron chi connectivity index (χ3n) is 6.20. The van der Waals surface area contributed by atoms with Crippen molar-refractivity contribution in [2.75, 3.05) is 22.1 Å². The summed E-state index contributed by atoms with van der Waals surface area (Å²) >= 11 is 0. The number of carbonyl (C=O) groups is 2. The molecule has 0 unspecified atom stereocenters.